The van der Waals surface area contributed by atoms with Crippen LogP contribution in [0.15, 0.2) is 53.6 Å². The second-order valence-electron chi connectivity index (χ2n) is 8.64. The average molecular weight is 454 g/mol. The Morgan fingerprint density at radius 1 is 1.12 bits per heavy atom. The summed E-state index contributed by atoms with van der Waals surface area (Å²) in [5.74, 6) is -0.179. The van der Waals surface area contributed by atoms with Crippen molar-refractivity contribution in [3.8, 4) is 5.75 Å². The zero-order valence-electron chi connectivity index (χ0n) is 18.7. The third-order valence-electron chi connectivity index (χ3n) is 6.64. The number of hydrazone groups is 1. The molecule has 2 saturated heterocycles. The largest absolute Gasteiger partial charge is 0.497 e. The molecule has 1 atom stereocenters. The van der Waals surface area contributed by atoms with Crippen LogP contribution in [0.2, 0.25) is 0 Å². The number of halogens is 1. The minimum absolute atomic E-state index is 0.105. The van der Waals surface area contributed by atoms with Crippen molar-refractivity contribution in [1.82, 2.24) is 9.91 Å². The van der Waals surface area contributed by atoms with Gasteiger partial charge in [0.15, 0.2) is 5.79 Å². The molecule has 1 spiro atoms. The maximum absolute atomic E-state index is 14.5. The fourth-order valence-electron chi connectivity index (χ4n) is 4.79. The molecule has 5 rings (SSSR count). The van der Waals surface area contributed by atoms with Gasteiger partial charge in [-0.15, -0.1) is 0 Å². The van der Waals surface area contributed by atoms with Crippen molar-refractivity contribution < 1.29 is 23.4 Å². The van der Waals surface area contributed by atoms with Crippen molar-refractivity contribution >= 4 is 11.6 Å². The molecule has 0 saturated carbocycles. The predicted molar refractivity (Wildman–Crippen MR) is 120 cm³/mol. The van der Waals surface area contributed by atoms with Crippen LogP contribution < -0.4 is 4.74 Å². The fraction of sp³-hybridized carbons (Fsp3) is 0.440. The Labute approximate surface area is 192 Å². The molecular formula is C25H28FN3O4. The van der Waals surface area contributed by atoms with E-state index in [-0.39, 0.29) is 24.3 Å². The van der Waals surface area contributed by atoms with E-state index < -0.39 is 5.79 Å². The molecule has 7 nitrogen and oxygen atoms in total. The smallest absolute Gasteiger partial charge is 0.257 e. The highest BCUT2D eigenvalue weighted by Gasteiger charge is 2.41. The van der Waals surface area contributed by atoms with Crippen LogP contribution in [0.1, 0.15) is 36.4 Å². The molecule has 174 valence electrons. The van der Waals surface area contributed by atoms with E-state index in [1.165, 1.54) is 11.1 Å². The van der Waals surface area contributed by atoms with Crippen molar-refractivity contribution in [1.29, 1.82) is 0 Å². The summed E-state index contributed by atoms with van der Waals surface area (Å²) in [5, 5.41) is 6.13. The topological polar surface area (TPSA) is 63.6 Å². The van der Waals surface area contributed by atoms with E-state index in [1.54, 1.807) is 25.3 Å². The van der Waals surface area contributed by atoms with Crippen molar-refractivity contribution in [3.63, 3.8) is 0 Å². The molecule has 3 aliphatic heterocycles. The van der Waals surface area contributed by atoms with Gasteiger partial charge in [-0.1, -0.05) is 30.3 Å². The number of nitrogens with zero attached hydrogens (tertiary/aromatic N) is 3. The number of methoxy groups -OCH3 is 1. The standard InChI is InChI=1S/C25H28FN3O4/c1-31-19-8-6-18(7-9-19)23-16-22(20-4-2-3-5-21(20)26)27-29(23)24(30)17-28-12-10-25(11-13-28)32-14-15-33-25/h2-9,23H,10-17H2,1H3/t23-/m0/s1. The summed E-state index contributed by atoms with van der Waals surface area (Å²) in [4.78, 5) is 15.5. The molecule has 2 aromatic carbocycles. The van der Waals surface area contributed by atoms with E-state index in [9.17, 15) is 9.18 Å². The summed E-state index contributed by atoms with van der Waals surface area (Å²) in [6.45, 7) is 2.94. The molecular weight excluding hydrogens is 425 g/mol. The minimum atomic E-state index is -0.477. The van der Waals surface area contributed by atoms with E-state index in [0.29, 0.717) is 30.9 Å². The summed E-state index contributed by atoms with van der Waals surface area (Å²) >= 11 is 0. The minimum Gasteiger partial charge on any atom is -0.497 e. The van der Waals surface area contributed by atoms with Crippen LogP contribution in [0.25, 0.3) is 0 Å². The number of carbonyl (C=O) groups is 1. The Balaban J connectivity index is 1.35. The second-order valence-corrected chi connectivity index (χ2v) is 8.64. The summed E-state index contributed by atoms with van der Waals surface area (Å²) in [6.07, 6.45) is 1.93. The number of hydrogen-bond donors (Lipinski definition) is 0. The van der Waals surface area contributed by atoms with Gasteiger partial charge in [-0.05, 0) is 23.8 Å². The van der Waals surface area contributed by atoms with E-state index in [4.69, 9.17) is 14.2 Å². The molecule has 0 radical (unpaired) electrons. The Kier molecular flexibility index (Phi) is 6.14. The molecule has 2 aromatic rings. The van der Waals surface area contributed by atoms with Gasteiger partial charge in [-0.2, -0.15) is 5.10 Å². The highest BCUT2D eigenvalue weighted by molar-refractivity contribution is 6.03. The quantitative estimate of drug-likeness (QED) is 0.695. The van der Waals surface area contributed by atoms with E-state index in [0.717, 1.165) is 37.2 Å². The molecule has 0 N–H and O–H groups in total. The Morgan fingerprint density at radius 3 is 2.48 bits per heavy atom. The average Bonchev–Trinajstić information content (AvgIpc) is 3.49. The van der Waals surface area contributed by atoms with Gasteiger partial charge in [0.05, 0.1) is 38.6 Å². The van der Waals surface area contributed by atoms with Crippen LogP contribution in [0.3, 0.4) is 0 Å². The van der Waals surface area contributed by atoms with Gasteiger partial charge < -0.3 is 14.2 Å². The lowest BCUT2D eigenvalue weighted by atomic mass is 9.98. The molecule has 0 aliphatic carbocycles. The first kappa shape index (κ1) is 22.0. The maximum Gasteiger partial charge on any atom is 0.257 e. The molecule has 8 heteroatoms. The van der Waals surface area contributed by atoms with Crippen LogP contribution >= 0.6 is 0 Å². The van der Waals surface area contributed by atoms with Gasteiger partial charge in [0.2, 0.25) is 0 Å². The molecule has 2 fully saturated rings. The van der Waals surface area contributed by atoms with Gasteiger partial charge in [0.25, 0.3) is 5.91 Å². The number of benzene rings is 2. The summed E-state index contributed by atoms with van der Waals surface area (Å²) < 4.78 is 31.3. The fourth-order valence-corrected chi connectivity index (χ4v) is 4.79. The van der Waals surface area contributed by atoms with Crippen LogP contribution in [0.4, 0.5) is 4.39 Å². The number of rotatable bonds is 5. The third-order valence-corrected chi connectivity index (χ3v) is 6.64. The van der Waals surface area contributed by atoms with Gasteiger partial charge in [0.1, 0.15) is 11.6 Å². The molecule has 3 aliphatic rings. The van der Waals surface area contributed by atoms with Crippen LogP contribution in [-0.2, 0) is 14.3 Å². The molecule has 0 aromatic heterocycles. The van der Waals surface area contributed by atoms with Gasteiger partial charge in [0, 0.05) is 37.9 Å². The summed E-state index contributed by atoms with van der Waals surface area (Å²) in [6, 6.07) is 13.9. The zero-order chi connectivity index (χ0) is 22.8. The van der Waals surface area contributed by atoms with E-state index >= 15 is 0 Å². The monoisotopic (exact) mass is 453 g/mol. The Bertz CT molecular complexity index is 1030. The molecule has 3 heterocycles. The Hall–Kier alpha value is -2.81. The number of amides is 1. The van der Waals surface area contributed by atoms with Gasteiger partial charge in [-0.25, -0.2) is 9.40 Å². The summed E-state index contributed by atoms with van der Waals surface area (Å²) in [7, 11) is 1.62. The SMILES string of the molecule is COc1ccc([C@@H]2CC(c3ccccc3F)=NN2C(=O)CN2CCC3(CC2)OCCO3)cc1. The van der Waals surface area contributed by atoms with Crippen molar-refractivity contribution in [2.75, 3.05) is 40.0 Å². The van der Waals surface area contributed by atoms with Crippen molar-refractivity contribution in [2.24, 2.45) is 5.10 Å². The number of likely N-dealkylation sites (tertiary alicyclic amines) is 1. The van der Waals surface area contributed by atoms with Crippen molar-refractivity contribution in [3.05, 3.63) is 65.5 Å². The maximum atomic E-state index is 14.5. The highest BCUT2D eigenvalue weighted by atomic mass is 19.1. The second kappa shape index (κ2) is 9.21. The van der Waals surface area contributed by atoms with Gasteiger partial charge >= 0.3 is 0 Å². The first-order valence-corrected chi connectivity index (χ1v) is 11.4. The number of hydrogen-bond acceptors (Lipinski definition) is 6. The zero-order valence-corrected chi connectivity index (χ0v) is 18.7. The lowest BCUT2D eigenvalue weighted by Crippen LogP contribution is -2.48. The summed E-state index contributed by atoms with van der Waals surface area (Å²) in [5.41, 5.74) is 1.94. The lowest BCUT2D eigenvalue weighted by Gasteiger charge is -2.37. The first-order valence-electron chi connectivity index (χ1n) is 11.4. The van der Waals surface area contributed by atoms with Crippen LogP contribution in [0, 0.1) is 5.82 Å². The van der Waals surface area contributed by atoms with E-state index in [1.807, 2.05) is 24.3 Å². The van der Waals surface area contributed by atoms with Gasteiger partial charge in [-0.3, -0.25) is 9.69 Å². The van der Waals surface area contributed by atoms with Crippen LogP contribution in [0.5, 0.6) is 5.75 Å². The Morgan fingerprint density at radius 2 is 1.82 bits per heavy atom. The third kappa shape index (κ3) is 4.51. The molecule has 0 unspecified atom stereocenters. The first-order chi connectivity index (χ1) is 16.1. The number of carbonyl (C=O) groups excluding carboxylic acids is 1. The predicted octanol–water partition coefficient (Wildman–Crippen LogP) is 3.35. The lowest BCUT2D eigenvalue weighted by molar-refractivity contribution is -0.186. The van der Waals surface area contributed by atoms with Crippen molar-refractivity contribution in [2.45, 2.75) is 31.1 Å². The van der Waals surface area contributed by atoms with Crippen LogP contribution in [-0.4, -0.2) is 67.3 Å². The normalized spacial score (nSPS) is 22.5. The van der Waals surface area contributed by atoms with E-state index in [2.05, 4.69) is 10.0 Å². The number of ether oxygens (including phenoxy) is 3. The molecule has 1 amide bonds. The number of piperidine rings is 1. The molecule has 0 bridgehead atoms. The highest BCUT2D eigenvalue weighted by Crippen LogP contribution is 2.35. The molecule has 33 heavy (non-hydrogen) atoms.